The Hall–Kier alpha value is -0.870. The molecule has 2 nitrogen and oxygen atoms in total. The van der Waals surface area contributed by atoms with E-state index in [4.69, 9.17) is 12.2 Å². The van der Waals surface area contributed by atoms with Crippen LogP contribution < -0.4 is 0 Å². The number of imidazole rings is 1. The topological polar surface area (TPSA) is 20.7 Å². The molecule has 15 heavy (non-hydrogen) atoms. The standard InChI is InChI=1S/C11H11BrN2S/c1-7-3-4-9(12)5-10(7)14-6-8(2)13-11(14)15/h3-6H,1-2H3,(H,13,15). The molecule has 0 fully saturated rings. The first-order valence-corrected chi connectivity index (χ1v) is 5.83. The Labute approximate surface area is 102 Å². The van der Waals surface area contributed by atoms with E-state index >= 15 is 0 Å². The summed E-state index contributed by atoms with van der Waals surface area (Å²) in [7, 11) is 0. The highest BCUT2D eigenvalue weighted by Crippen LogP contribution is 2.20. The molecular weight excluding hydrogens is 272 g/mol. The molecule has 0 spiro atoms. The van der Waals surface area contributed by atoms with Crippen LogP contribution in [0.15, 0.2) is 28.9 Å². The molecule has 1 N–H and O–H groups in total. The minimum atomic E-state index is 0.730. The van der Waals surface area contributed by atoms with Gasteiger partial charge in [0.1, 0.15) is 0 Å². The van der Waals surface area contributed by atoms with Crippen molar-refractivity contribution in [3.8, 4) is 5.69 Å². The fourth-order valence-corrected chi connectivity index (χ4v) is 2.20. The third kappa shape index (κ3) is 2.06. The molecule has 4 heteroatoms. The Balaban J connectivity index is 2.68. The molecule has 2 aromatic rings. The molecule has 0 unspecified atom stereocenters. The van der Waals surface area contributed by atoms with Gasteiger partial charge in [-0.1, -0.05) is 22.0 Å². The van der Waals surface area contributed by atoms with Crippen molar-refractivity contribution in [3.63, 3.8) is 0 Å². The Bertz CT molecular complexity index is 554. The average Bonchev–Trinajstić information content (AvgIpc) is 2.50. The molecule has 1 heterocycles. The summed E-state index contributed by atoms with van der Waals surface area (Å²) >= 11 is 8.72. The van der Waals surface area contributed by atoms with E-state index in [9.17, 15) is 0 Å². The molecule has 78 valence electrons. The van der Waals surface area contributed by atoms with Crippen LogP contribution in [-0.4, -0.2) is 9.55 Å². The van der Waals surface area contributed by atoms with Crippen LogP contribution in [0.4, 0.5) is 0 Å². The van der Waals surface area contributed by atoms with E-state index < -0.39 is 0 Å². The fraction of sp³-hybridized carbons (Fsp3) is 0.182. The van der Waals surface area contributed by atoms with Gasteiger partial charge in [-0.25, -0.2) is 0 Å². The van der Waals surface area contributed by atoms with E-state index in [0.717, 1.165) is 20.6 Å². The van der Waals surface area contributed by atoms with Crippen molar-refractivity contribution in [2.24, 2.45) is 0 Å². The zero-order valence-electron chi connectivity index (χ0n) is 8.54. The third-order valence-electron chi connectivity index (χ3n) is 2.28. The lowest BCUT2D eigenvalue weighted by Crippen LogP contribution is -1.95. The summed E-state index contributed by atoms with van der Waals surface area (Å²) in [5.41, 5.74) is 3.38. The summed E-state index contributed by atoms with van der Waals surface area (Å²) in [5, 5.41) is 0. The minimum absolute atomic E-state index is 0.730. The Morgan fingerprint density at radius 2 is 2.07 bits per heavy atom. The maximum absolute atomic E-state index is 5.25. The number of rotatable bonds is 1. The van der Waals surface area contributed by atoms with Crippen LogP contribution >= 0.6 is 28.1 Å². The summed E-state index contributed by atoms with van der Waals surface area (Å²) in [6.07, 6.45) is 2.01. The van der Waals surface area contributed by atoms with Crippen LogP contribution in [0.5, 0.6) is 0 Å². The summed E-state index contributed by atoms with van der Waals surface area (Å²) in [6, 6.07) is 6.17. The predicted molar refractivity (Wildman–Crippen MR) is 68.1 cm³/mol. The molecule has 1 aromatic carbocycles. The van der Waals surface area contributed by atoms with Gasteiger partial charge >= 0.3 is 0 Å². The van der Waals surface area contributed by atoms with Gasteiger partial charge in [-0.15, -0.1) is 0 Å². The second-order valence-electron chi connectivity index (χ2n) is 3.54. The zero-order chi connectivity index (χ0) is 11.0. The highest BCUT2D eigenvalue weighted by atomic mass is 79.9. The number of aromatic amines is 1. The van der Waals surface area contributed by atoms with Crippen LogP contribution in [-0.2, 0) is 0 Å². The van der Waals surface area contributed by atoms with E-state index in [1.165, 1.54) is 5.56 Å². The van der Waals surface area contributed by atoms with Gasteiger partial charge in [-0.3, -0.25) is 4.57 Å². The SMILES string of the molecule is Cc1cn(-c2cc(Br)ccc2C)c(=S)[nH]1. The largest absolute Gasteiger partial charge is 0.335 e. The van der Waals surface area contributed by atoms with Crippen LogP contribution in [0.1, 0.15) is 11.3 Å². The number of benzene rings is 1. The number of aromatic nitrogens is 2. The van der Waals surface area contributed by atoms with E-state index in [2.05, 4.69) is 40.0 Å². The molecule has 0 saturated carbocycles. The smallest absolute Gasteiger partial charge is 0.181 e. The number of halogens is 1. The first-order valence-electron chi connectivity index (χ1n) is 4.63. The maximum atomic E-state index is 5.25. The summed E-state index contributed by atoms with van der Waals surface area (Å²) < 4.78 is 3.78. The number of hydrogen-bond acceptors (Lipinski definition) is 1. The molecule has 0 saturated heterocycles. The fourth-order valence-electron chi connectivity index (χ4n) is 1.53. The van der Waals surface area contributed by atoms with Gasteiger partial charge in [0.15, 0.2) is 4.77 Å². The monoisotopic (exact) mass is 282 g/mol. The Kier molecular flexibility index (Phi) is 2.80. The van der Waals surface area contributed by atoms with Crippen molar-refractivity contribution in [2.45, 2.75) is 13.8 Å². The predicted octanol–water partition coefficient (Wildman–Crippen LogP) is 3.91. The van der Waals surface area contributed by atoms with Crippen LogP contribution in [0.25, 0.3) is 5.69 Å². The lowest BCUT2D eigenvalue weighted by Gasteiger charge is -2.06. The highest BCUT2D eigenvalue weighted by Gasteiger charge is 2.03. The van der Waals surface area contributed by atoms with Crippen molar-refractivity contribution in [2.75, 3.05) is 0 Å². The van der Waals surface area contributed by atoms with Gasteiger partial charge in [-0.2, -0.15) is 0 Å². The van der Waals surface area contributed by atoms with Gasteiger partial charge in [-0.05, 0) is 43.8 Å². The average molecular weight is 283 g/mol. The van der Waals surface area contributed by atoms with Crippen LogP contribution in [0, 0.1) is 18.6 Å². The van der Waals surface area contributed by atoms with Gasteiger partial charge < -0.3 is 4.98 Å². The summed E-state index contributed by atoms with van der Waals surface area (Å²) in [5.74, 6) is 0. The third-order valence-corrected chi connectivity index (χ3v) is 3.07. The maximum Gasteiger partial charge on any atom is 0.181 e. The summed E-state index contributed by atoms with van der Waals surface area (Å²) in [6.45, 7) is 4.07. The van der Waals surface area contributed by atoms with Crippen molar-refractivity contribution in [3.05, 3.63) is 44.9 Å². The normalized spacial score (nSPS) is 10.6. The van der Waals surface area contributed by atoms with Crippen LogP contribution in [0.2, 0.25) is 0 Å². The van der Waals surface area contributed by atoms with Gasteiger partial charge in [0.25, 0.3) is 0 Å². The first kappa shape index (κ1) is 10.6. The van der Waals surface area contributed by atoms with E-state index in [1.807, 2.05) is 23.8 Å². The van der Waals surface area contributed by atoms with E-state index in [0.29, 0.717) is 0 Å². The second kappa shape index (κ2) is 3.94. The number of aryl methyl sites for hydroxylation is 2. The highest BCUT2D eigenvalue weighted by molar-refractivity contribution is 9.10. The van der Waals surface area contributed by atoms with E-state index in [-0.39, 0.29) is 0 Å². The number of hydrogen-bond donors (Lipinski definition) is 1. The number of nitrogens with one attached hydrogen (secondary N) is 1. The molecule has 0 bridgehead atoms. The van der Waals surface area contributed by atoms with Crippen LogP contribution in [0.3, 0.4) is 0 Å². The lowest BCUT2D eigenvalue weighted by molar-refractivity contribution is 1.02. The quantitative estimate of drug-likeness (QED) is 0.787. The molecule has 0 aliphatic carbocycles. The number of H-pyrrole nitrogens is 1. The zero-order valence-corrected chi connectivity index (χ0v) is 10.9. The van der Waals surface area contributed by atoms with Crippen molar-refractivity contribution < 1.29 is 0 Å². The lowest BCUT2D eigenvalue weighted by atomic mass is 10.2. The molecular formula is C11H11BrN2S. The Morgan fingerprint density at radius 1 is 1.33 bits per heavy atom. The molecule has 0 aliphatic rings. The van der Waals surface area contributed by atoms with Crippen molar-refractivity contribution in [1.29, 1.82) is 0 Å². The van der Waals surface area contributed by atoms with Gasteiger partial charge in [0.05, 0.1) is 5.69 Å². The summed E-state index contributed by atoms with van der Waals surface area (Å²) in [4.78, 5) is 3.12. The first-order chi connectivity index (χ1) is 7.08. The minimum Gasteiger partial charge on any atom is -0.335 e. The van der Waals surface area contributed by atoms with Crippen molar-refractivity contribution in [1.82, 2.24) is 9.55 Å². The van der Waals surface area contributed by atoms with E-state index in [1.54, 1.807) is 0 Å². The van der Waals surface area contributed by atoms with Crippen molar-refractivity contribution >= 4 is 28.1 Å². The molecule has 0 radical (unpaired) electrons. The second-order valence-corrected chi connectivity index (χ2v) is 4.85. The molecule has 2 rings (SSSR count). The molecule has 0 amide bonds. The molecule has 1 aromatic heterocycles. The Morgan fingerprint density at radius 3 is 2.67 bits per heavy atom. The molecule has 0 aliphatic heterocycles. The van der Waals surface area contributed by atoms with Gasteiger partial charge in [0, 0.05) is 16.4 Å². The van der Waals surface area contributed by atoms with Gasteiger partial charge in [0.2, 0.25) is 0 Å². The molecule has 0 atom stereocenters. The number of nitrogens with zero attached hydrogens (tertiary/aromatic N) is 1.